The van der Waals surface area contributed by atoms with E-state index in [-0.39, 0.29) is 52.5 Å². The van der Waals surface area contributed by atoms with E-state index in [1.54, 1.807) is 60.1 Å². The fourth-order valence-corrected chi connectivity index (χ4v) is 13.9. The number of carbonyl (C=O) groups is 8. The minimum atomic E-state index is -1.49. The van der Waals surface area contributed by atoms with E-state index in [1.165, 1.54) is 36.3 Å². The first-order valence-electron chi connectivity index (χ1n) is 25.6. The molecule has 0 aliphatic carbocycles. The summed E-state index contributed by atoms with van der Waals surface area (Å²) in [6.45, 7) is 4.15. The van der Waals surface area contributed by atoms with Crippen LogP contribution in [-0.2, 0) is 35.3 Å². The number of aromatic nitrogens is 7. The number of hydrogen-bond acceptors (Lipinski definition) is 24. The molecule has 0 saturated carbocycles. The quantitative estimate of drug-likeness (QED) is 0.0527. The Morgan fingerprint density at radius 2 is 1.41 bits per heavy atom. The molecule has 1 aliphatic rings. The fourth-order valence-electron chi connectivity index (χ4n) is 8.39. The summed E-state index contributed by atoms with van der Waals surface area (Å²) in [6, 6.07) is 9.10. The Balaban J connectivity index is 1.10. The first-order valence-corrected chi connectivity index (χ1v) is 30.7. The number of rotatable bonds is 14. The number of carbonyl (C=O) groups excluding carboxylic acids is 6. The summed E-state index contributed by atoms with van der Waals surface area (Å²) >= 11 is 6.84. The van der Waals surface area contributed by atoms with Crippen LogP contribution in [0.2, 0.25) is 0 Å². The number of fused-ring (bicyclic) bond motifs is 14. The van der Waals surface area contributed by atoms with Crippen LogP contribution in [0.25, 0.3) is 43.4 Å². The lowest BCUT2D eigenvalue weighted by Gasteiger charge is -2.23. The number of aliphatic hydroxyl groups is 1. The number of benzene rings is 1. The van der Waals surface area contributed by atoms with Crippen molar-refractivity contribution in [1.82, 2.24) is 61.5 Å². The van der Waals surface area contributed by atoms with Crippen molar-refractivity contribution in [3.8, 4) is 43.4 Å². The van der Waals surface area contributed by atoms with Crippen molar-refractivity contribution >= 4 is 121 Å². The molecule has 442 valence electrons. The van der Waals surface area contributed by atoms with Gasteiger partial charge < -0.3 is 51.4 Å². The normalized spacial score (nSPS) is 16.5. The molecule has 6 amide bonds. The highest BCUT2D eigenvalue weighted by atomic mass is 32.1. The van der Waals surface area contributed by atoms with Crippen LogP contribution in [0.5, 0.6) is 0 Å². The number of nitrogens with zero attached hydrogens (tertiary/aromatic N) is 7. The second kappa shape index (κ2) is 27.1. The molecular weight excluding hydrogens is 1220 g/mol. The molecule has 10 bridgehead atoms. The fraction of sp³-hybridized carbons (Fsp3) is 0.302. The Morgan fingerprint density at radius 1 is 0.706 bits per heavy atom. The number of anilines is 1. The van der Waals surface area contributed by atoms with Crippen LogP contribution in [0.15, 0.2) is 64.0 Å². The van der Waals surface area contributed by atoms with Gasteiger partial charge in [-0.1, -0.05) is 44.2 Å². The van der Waals surface area contributed by atoms with Gasteiger partial charge in [-0.15, -0.1) is 68.0 Å². The van der Waals surface area contributed by atoms with Crippen LogP contribution < -0.4 is 31.9 Å². The predicted molar refractivity (Wildman–Crippen MR) is 315 cm³/mol. The van der Waals surface area contributed by atoms with Gasteiger partial charge >= 0.3 is 18.0 Å². The topological polar surface area (TPSA) is 378 Å². The van der Waals surface area contributed by atoms with Gasteiger partial charge in [-0.3, -0.25) is 38.9 Å². The van der Waals surface area contributed by atoms with E-state index < -0.39 is 97.3 Å². The number of aliphatic carboxylic acids is 2. The van der Waals surface area contributed by atoms with E-state index in [4.69, 9.17) is 34.5 Å². The molecule has 0 fully saturated rings. The second-order valence-corrected chi connectivity index (χ2v) is 24.8. The Hall–Kier alpha value is -8.37. The van der Waals surface area contributed by atoms with E-state index in [1.807, 2.05) is 13.8 Å². The first kappa shape index (κ1) is 61.2. The van der Waals surface area contributed by atoms with Crippen molar-refractivity contribution in [2.24, 2.45) is 11.8 Å². The third-order valence-corrected chi connectivity index (χ3v) is 18.4. The van der Waals surface area contributed by atoms with Crippen LogP contribution in [-0.4, -0.2) is 125 Å². The molecule has 8 heterocycles. The predicted octanol–water partition coefficient (Wildman–Crippen LogP) is 7.04. The van der Waals surface area contributed by atoms with Gasteiger partial charge in [-0.2, -0.15) is 0 Å². The summed E-state index contributed by atoms with van der Waals surface area (Å²) in [5.74, 6) is -7.60. The van der Waals surface area contributed by atoms with Crippen LogP contribution in [0, 0.1) is 18.8 Å². The van der Waals surface area contributed by atoms with E-state index in [2.05, 4.69) is 46.9 Å². The Morgan fingerprint density at radius 3 is 2.14 bits per heavy atom. The Kier molecular flexibility index (Phi) is 19.5. The van der Waals surface area contributed by atoms with Gasteiger partial charge in [0.05, 0.1) is 48.6 Å². The number of amides is 6. The first-order chi connectivity index (χ1) is 40.8. The van der Waals surface area contributed by atoms with Crippen molar-refractivity contribution < 1.29 is 63.1 Å². The zero-order valence-corrected chi connectivity index (χ0v) is 50.3. The number of aliphatic hydroxyl groups excluding tert-OH is 1. The average molecular weight is 1270 g/mol. The number of ether oxygens (including phenoxy) is 2. The van der Waals surface area contributed by atoms with Crippen molar-refractivity contribution in [3.63, 3.8) is 0 Å². The van der Waals surface area contributed by atoms with E-state index in [9.17, 15) is 48.6 Å². The largest absolute Gasteiger partial charge is 0.481 e. The summed E-state index contributed by atoms with van der Waals surface area (Å²) < 4.78 is 10.4. The van der Waals surface area contributed by atoms with Gasteiger partial charge in [-0.05, 0) is 30.5 Å². The number of aryl methyl sites for hydroxylation is 1. The monoisotopic (exact) mass is 1270 g/mol. The number of carboxylic acids is 2. The summed E-state index contributed by atoms with van der Waals surface area (Å²) in [5.41, 5.74) is 2.18. The number of thiazole rings is 6. The smallest absolute Gasteiger partial charge is 0.412 e. The number of nitrogens with one attached hydrogen (secondary N) is 6. The third-order valence-electron chi connectivity index (χ3n) is 12.7. The molecule has 0 spiro atoms. The van der Waals surface area contributed by atoms with Gasteiger partial charge in [-0.25, -0.2) is 39.7 Å². The molecule has 32 heteroatoms. The van der Waals surface area contributed by atoms with Crippen molar-refractivity contribution in [3.05, 3.63) is 111 Å². The number of methoxy groups -OCH3 is 1. The lowest BCUT2D eigenvalue weighted by molar-refractivity contribution is -0.149. The van der Waals surface area contributed by atoms with Crippen LogP contribution >= 0.6 is 68.0 Å². The Labute approximate surface area is 506 Å². The minimum absolute atomic E-state index is 0.0161. The molecule has 9 N–H and O–H groups in total. The molecule has 9 rings (SSSR count). The van der Waals surface area contributed by atoms with Crippen LogP contribution in [0.3, 0.4) is 0 Å². The van der Waals surface area contributed by atoms with Gasteiger partial charge in [0.15, 0.2) is 0 Å². The molecule has 1 aromatic carbocycles. The van der Waals surface area contributed by atoms with Crippen molar-refractivity contribution in [2.45, 2.75) is 64.4 Å². The molecule has 85 heavy (non-hydrogen) atoms. The molecular formula is C53H51N13O13S6. The summed E-state index contributed by atoms with van der Waals surface area (Å²) in [4.78, 5) is 139. The van der Waals surface area contributed by atoms with Gasteiger partial charge in [0.1, 0.15) is 94.7 Å². The number of hydrogen-bond donors (Lipinski definition) is 9. The highest BCUT2D eigenvalue weighted by Crippen LogP contribution is 2.40. The summed E-state index contributed by atoms with van der Waals surface area (Å²) in [6.07, 6.45) is -3.40. The molecule has 0 radical (unpaired) electrons. The lowest BCUT2D eigenvalue weighted by Crippen LogP contribution is -2.40. The average Bonchev–Trinajstić information content (AvgIpc) is 3.50. The highest BCUT2D eigenvalue weighted by molar-refractivity contribution is 7.15. The molecule has 8 aromatic rings. The van der Waals surface area contributed by atoms with E-state index >= 15 is 0 Å². The molecule has 7 aromatic heterocycles. The third kappa shape index (κ3) is 14.6. The van der Waals surface area contributed by atoms with Crippen molar-refractivity contribution in [1.29, 1.82) is 0 Å². The zero-order valence-electron chi connectivity index (χ0n) is 45.4. The van der Waals surface area contributed by atoms with Crippen LogP contribution in [0.1, 0.15) is 113 Å². The van der Waals surface area contributed by atoms with Crippen molar-refractivity contribution in [2.75, 3.05) is 32.6 Å². The molecule has 26 nitrogen and oxygen atoms in total. The number of pyridine rings is 1. The summed E-state index contributed by atoms with van der Waals surface area (Å²) in [7, 11) is 2.90. The van der Waals surface area contributed by atoms with Crippen LogP contribution in [0.4, 0.5) is 10.6 Å². The van der Waals surface area contributed by atoms with Gasteiger partial charge in [0.25, 0.3) is 17.7 Å². The molecule has 1 unspecified atom stereocenters. The van der Waals surface area contributed by atoms with E-state index in [0.717, 1.165) is 56.7 Å². The minimum Gasteiger partial charge on any atom is -0.481 e. The molecule has 1 aliphatic heterocycles. The van der Waals surface area contributed by atoms with Gasteiger partial charge in [0, 0.05) is 46.1 Å². The molecule has 5 atom stereocenters. The standard InChI is InChI=1S/C53H51N13O13S6/c1-22(2)37-51-66-40(32(85-51)17-78-5)44(73)55-15-35(68)63-41(42(71)24-9-7-6-8-10-24)50-60-31(20-82-50)48-58-29(18-81-48)39-26(11-12-27(56-39)47-61-33(21-83-47)62-53(77)79-16-25(52(75)76)13-36(69)70)46-59-30(19-80-46)43(72)57-28(14-34(67)54-4)49-65-38(23(3)84-49)45(74)64-37/h6-12,18-22,25,28,37,41-42,71H,13-17H2,1-5H3,(H,54,67)(H,55,73)(H,57,72)(H,62,77)(H,63,68)(H,64,74)(H,69,70)(H,75,76)/t25-,28-,37?,41-,42-/m0/s1. The number of carboxylic acid groups (broad SMARTS) is 2. The maximum atomic E-state index is 14.3. The SMILES string of the molecule is CNC(=O)C[C@@H]1NC(=O)c2csc(n2)-c2ccc(-c3nc(NC(=O)OC[C@H](CC(=O)O)C(=O)O)cs3)nc2-c2csc(n2)-c2csc(n2)[C@H]([C@@H](O)c2ccccc2)NC(=O)CNC(=O)c2nc(sc2COC)C(C(C)C)NC(=O)c2nc1sc2C. The maximum absolute atomic E-state index is 14.3. The van der Waals surface area contributed by atoms with Gasteiger partial charge in [0.2, 0.25) is 11.8 Å². The Bertz CT molecular complexity index is 3820. The molecule has 0 saturated heterocycles. The summed E-state index contributed by atoms with van der Waals surface area (Å²) in [5, 5.41) is 55.2. The second-order valence-electron chi connectivity index (χ2n) is 19.0. The lowest BCUT2D eigenvalue weighted by atomic mass is 10.0. The highest BCUT2D eigenvalue weighted by Gasteiger charge is 2.33. The zero-order chi connectivity index (χ0) is 60.6. The van der Waals surface area contributed by atoms with E-state index in [0.29, 0.717) is 63.0 Å². The maximum Gasteiger partial charge on any atom is 0.412 e.